The Balaban J connectivity index is 1.40. The van der Waals surface area contributed by atoms with Crippen LogP contribution in [0.15, 0.2) is 84.9 Å². The summed E-state index contributed by atoms with van der Waals surface area (Å²) in [6.45, 7) is 8.23. The molecule has 1 N–H and O–H groups in total. The second kappa shape index (κ2) is 12.9. The summed E-state index contributed by atoms with van der Waals surface area (Å²) < 4.78 is 40.4. The number of ether oxygens (including phenoxy) is 3. The van der Waals surface area contributed by atoms with Crippen molar-refractivity contribution in [3.8, 4) is 0 Å². The van der Waals surface area contributed by atoms with Crippen LogP contribution in [-0.2, 0) is 24.1 Å². The molecule has 43 heavy (non-hydrogen) atoms. The van der Waals surface area contributed by atoms with Crippen LogP contribution in [0, 0.1) is 29.0 Å². The van der Waals surface area contributed by atoms with Gasteiger partial charge in [0.15, 0.2) is 12.6 Å². The molecule has 2 saturated heterocycles. The lowest BCUT2D eigenvalue weighted by atomic mass is 9.59. The summed E-state index contributed by atoms with van der Waals surface area (Å²) >= 11 is 0. The highest BCUT2D eigenvalue weighted by Crippen LogP contribution is 2.61. The van der Waals surface area contributed by atoms with Crippen molar-refractivity contribution in [1.82, 2.24) is 0 Å². The van der Waals surface area contributed by atoms with Crippen molar-refractivity contribution in [2.75, 3.05) is 19.8 Å². The van der Waals surface area contributed by atoms with E-state index in [0.717, 1.165) is 24.8 Å². The van der Waals surface area contributed by atoms with E-state index in [9.17, 15) is 9.50 Å². The van der Waals surface area contributed by atoms with Gasteiger partial charge in [-0.3, -0.25) is 0 Å². The number of hydrogen-bond donors (Lipinski definition) is 1. The molecule has 0 amide bonds. The normalized spacial score (nSPS) is 31.2. The van der Waals surface area contributed by atoms with Crippen molar-refractivity contribution in [2.45, 2.75) is 70.6 Å². The van der Waals surface area contributed by atoms with Crippen molar-refractivity contribution < 1.29 is 28.1 Å². The molecular weight excluding hydrogens is 559 g/mol. The zero-order valence-electron chi connectivity index (χ0n) is 25.5. The minimum absolute atomic E-state index is 0.0390. The molecule has 0 aromatic heterocycles. The van der Waals surface area contributed by atoms with Crippen molar-refractivity contribution in [2.24, 2.45) is 23.2 Å². The fraction of sp³-hybridized carbons (Fsp3) is 0.500. The topological polar surface area (TPSA) is 57.2 Å². The first-order valence-corrected chi connectivity index (χ1v) is 17.4. The molecule has 1 saturated carbocycles. The largest absolute Gasteiger partial charge is 0.410 e. The van der Waals surface area contributed by atoms with Crippen molar-refractivity contribution in [1.29, 1.82) is 0 Å². The molecule has 0 spiro atoms. The van der Waals surface area contributed by atoms with Crippen LogP contribution < -0.4 is 10.4 Å². The van der Waals surface area contributed by atoms with Crippen LogP contribution in [0.1, 0.15) is 52.0 Å². The summed E-state index contributed by atoms with van der Waals surface area (Å²) in [7, 11) is -2.09. The average molecular weight is 605 g/mol. The molecule has 0 bridgehead atoms. The number of aliphatic hydroxyl groups excluding tert-OH is 1. The summed E-state index contributed by atoms with van der Waals surface area (Å²) in [5.41, 5.74) is 0.376. The van der Waals surface area contributed by atoms with Gasteiger partial charge < -0.3 is 23.7 Å². The molecule has 0 radical (unpaired) electrons. The monoisotopic (exact) mass is 604 g/mol. The maximum absolute atomic E-state index is 14.3. The van der Waals surface area contributed by atoms with E-state index in [1.807, 2.05) is 24.3 Å². The van der Waals surface area contributed by atoms with Crippen molar-refractivity contribution >= 4 is 19.4 Å². The molecule has 1 aliphatic carbocycles. The zero-order chi connectivity index (χ0) is 30.0. The molecule has 2 heterocycles. The lowest BCUT2D eigenvalue weighted by Gasteiger charge is -2.51. The van der Waals surface area contributed by atoms with E-state index in [1.165, 1.54) is 22.5 Å². The van der Waals surface area contributed by atoms with E-state index in [4.69, 9.17) is 18.6 Å². The number of hydrogen-bond acceptors (Lipinski definition) is 5. The molecule has 2 aliphatic heterocycles. The first-order valence-electron chi connectivity index (χ1n) is 15.8. The summed E-state index contributed by atoms with van der Waals surface area (Å²) in [4.78, 5) is 0. The number of halogens is 1. The van der Waals surface area contributed by atoms with Crippen LogP contribution >= 0.6 is 0 Å². The fourth-order valence-electron chi connectivity index (χ4n) is 8.13. The molecule has 3 aromatic carbocycles. The molecule has 6 rings (SSSR count). The average Bonchev–Trinajstić information content (AvgIpc) is 3.35. The molecule has 7 atom stereocenters. The van der Waals surface area contributed by atoms with Gasteiger partial charge in [0.1, 0.15) is 5.82 Å². The predicted molar refractivity (Wildman–Crippen MR) is 168 cm³/mol. The maximum Gasteiger partial charge on any atom is 0.239 e. The summed E-state index contributed by atoms with van der Waals surface area (Å²) in [5.74, 6) is -0.470. The summed E-state index contributed by atoms with van der Waals surface area (Å²) in [6, 6.07) is 27.7. The zero-order valence-corrected chi connectivity index (χ0v) is 26.7. The second-order valence-electron chi connectivity index (χ2n) is 13.6. The van der Waals surface area contributed by atoms with Gasteiger partial charge in [-0.05, 0) is 71.0 Å². The van der Waals surface area contributed by atoms with Gasteiger partial charge in [0.2, 0.25) is 9.04 Å². The number of aliphatic hydroxyl groups is 1. The number of rotatable bonds is 8. The van der Waals surface area contributed by atoms with Gasteiger partial charge in [0, 0.05) is 24.5 Å². The Morgan fingerprint density at radius 1 is 0.907 bits per heavy atom. The van der Waals surface area contributed by atoms with Gasteiger partial charge in [-0.2, -0.15) is 0 Å². The van der Waals surface area contributed by atoms with E-state index in [2.05, 4.69) is 69.3 Å². The molecule has 7 heteroatoms. The van der Waals surface area contributed by atoms with Gasteiger partial charge >= 0.3 is 0 Å². The quantitative estimate of drug-likeness (QED) is 0.360. The van der Waals surface area contributed by atoms with E-state index in [1.54, 1.807) is 0 Å². The van der Waals surface area contributed by atoms with E-state index in [0.29, 0.717) is 26.2 Å². The maximum atomic E-state index is 14.3. The van der Waals surface area contributed by atoms with Gasteiger partial charge in [-0.25, -0.2) is 4.39 Å². The molecular formula is C36H45FO5Si. The molecule has 230 valence electrons. The first-order chi connectivity index (χ1) is 20.8. The van der Waals surface area contributed by atoms with Crippen LogP contribution in [-0.4, -0.2) is 52.7 Å². The number of benzene rings is 3. The van der Waals surface area contributed by atoms with Gasteiger partial charge in [-0.1, -0.05) is 93.6 Å². The third kappa shape index (κ3) is 6.26. The summed E-state index contributed by atoms with van der Waals surface area (Å²) in [5, 5.41) is 14.0. The van der Waals surface area contributed by atoms with Crippen molar-refractivity contribution in [3.05, 3.63) is 96.3 Å². The third-order valence-electron chi connectivity index (χ3n) is 9.98. The van der Waals surface area contributed by atoms with E-state index in [-0.39, 0.29) is 41.4 Å². The highest BCUT2D eigenvalue weighted by Gasteiger charge is 2.64. The third-order valence-corrected chi connectivity index (χ3v) is 12.5. The molecule has 3 aromatic rings. The number of fused-ring (bicyclic) bond motifs is 1. The predicted octanol–water partition coefficient (Wildman–Crippen LogP) is 5.18. The Morgan fingerprint density at radius 2 is 1.56 bits per heavy atom. The fourth-order valence-corrected chi connectivity index (χ4v) is 10.4. The lowest BCUT2D eigenvalue weighted by Crippen LogP contribution is -2.57. The second-order valence-corrected chi connectivity index (χ2v) is 16.0. The van der Waals surface area contributed by atoms with E-state index < -0.39 is 20.7 Å². The van der Waals surface area contributed by atoms with Gasteiger partial charge in [-0.15, -0.1) is 0 Å². The minimum atomic E-state index is -2.09. The van der Waals surface area contributed by atoms with Gasteiger partial charge in [0.25, 0.3) is 0 Å². The van der Waals surface area contributed by atoms with Crippen molar-refractivity contribution in [3.63, 3.8) is 0 Å². The minimum Gasteiger partial charge on any atom is -0.410 e. The van der Waals surface area contributed by atoms with Crippen LogP contribution in [0.2, 0.25) is 0 Å². The Hall–Kier alpha value is -2.39. The van der Waals surface area contributed by atoms with Crippen LogP contribution in [0.3, 0.4) is 0 Å². The molecule has 3 aliphatic rings. The highest BCUT2D eigenvalue weighted by atomic mass is 28.3. The Labute approximate surface area is 257 Å². The van der Waals surface area contributed by atoms with Gasteiger partial charge in [0.05, 0.1) is 12.7 Å². The summed E-state index contributed by atoms with van der Waals surface area (Å²) in [6.07, 6.45) is 2.36. The first kappa shape index (κ1) is 30.6. The highest BCUT2D eigenvalue weighted by molar-refractivity contribution is 6.80. The van der Waals surface area contributed by atoms with Crippen LogP contribution in [0.5, 0.6) is 0 Å². The Bertz CT molecular complexity index is 1270. The SMILES string of the molecule is CC(C)(C)[C@@H]1[C@H]2COC(O)C(CO[SiH](c3ccccc3)c3ccccc3)[C@]2(c2ccc(F)cc2)C[C@H]1OC1CCCCO1. The van der Waals surface area contributed by atoms with E-state index >= 15 is 0 Å². The van der Waals surface area contributed by atoms with Crippen LogP contribution in [0.4, 0.5) is 4.39 Å². The lowest BCUT2D eigenvalue weighted by molar-refractivity contribution is -0.218. The van der Waals surface area contributed by atoms with Crippen LogP contribution in [0.25, 0.3) is 0 Å². The standard InChI is InChI=1S/C36H45FO5Si/c1-35(2,3)33-29-23-40-34(38)30(24-41-43(27-12-6-4-7-13-27)28-14-8-5-9-15-28)36(29,25-17-19-26(37)20-18-25)22-31(33)42-32-16-10-11-21-39-32/h4-9,12-15,17-20,29-34,38,43H,10-11,16,21-24H2,1-3H3/t29-,30?,31-,32?,33-,34?,36+/m1/s1. The smallest absolute Gasteiger partial charge is 0.239 e. The Morgan fingerprint density at radius 3 is 2.14 bits per heavy atom. The molecule has 5 nitrogen and oxygen atoms in total. The molecule has 3 fully saturated rings. The Kier molecular flexibility index (Phi) is 9.20. The molecule has 3 unspecified atom stereocenters.